The average Bonchev–Trinajstić information content (AvgIpc) is 2.15. The molecule has 1 aromatic carbocycles. The van der Waals surface area contributed by atoms with Crippen LogP contribution >= 0.6 is 0 Å². The van der Waals surface area contributed by atoms with Gasteiger partial charge in [0.2, 0.25) is 0 Å². The number of hydrogen-bond acceptors (Lipinski definition) is 2. The van der Waals surface area contributed by atoms with E-state index < -0.39 is 11.2 Å². The van der Waals surface area contributed by atoms with Gasteiger partial charge in [0, 0.05) is 17.0 Å². The zero-order chi connectivity index (χ0) is 11.8. The highest BCUT2D eigenvalue weighted by molar-refractivity contribution is 5.30. The van der Waals surface area contributed by atoms with Gasteiger partial charge in [0.1, 0.15) is 11.6 Å². The molecule has 1 atom stereocenters. The summed E-state index contributed by atoms with van der Waals surface area (Å²) in [5, 5.41) is 0. The number of rotatable bonds is 3. The second-order valence-corrected chi connectivity index (χ2v) is 4.58. The average molecular weight is 227 g/mol. The van der Waals surface area contributed by atoms with E-state index in [4.69, 9.17) is 10.5 Å². The molecule has 2 rings (SSSR count). The minimum atomic E-state index is -0.444. The Morgan fingerprint density at radius 1 is 1.44 bits per heavy atom. The van der Waals surface area contributed by atoms with Gasteiger partial charge in [0.15, 0.2) is 0 Å². The molecule has 0 aromatic heterocycles. The normalized spacial score (nSPS) is 20.2. The first kappa shape index (κ1) is 11.5. The van der Waals surface area contributed by atoms with Crippen molar-refractivity contribution < 1.29 is 13.5 Å². The molecule has 0 bridgehead atoms. The van der Waals surface area contributed by atoms with Gasteiger partial charge in [-0.2, -0.15) is 0 Å². The second-order valence-electron chi connectivity index (χ2n) is 4.58. The molecule has 1 aromatic rings. The first-order chi connectivity index (χ1) is 7.53. The number of hydrogen-bond donors (Lipinski definition) is 1. The summed E-state index contributed by atoms with van der Waals surface area (Å²) >= 11 is 0. The molecule has 0 aliphatic carbocycles. The van der Waals surface area contributed by atoms with Crippen LogP contribution in [0, 0.1) is 11.6 Å². The van der Waals surface area contributed by atoms with Gasteiger partial charge in [-0.1, -0.05) is 0 Å². The summed E-state index contributed by atoms with van der Waals surface area (Å²) in [6.45, 7) is 2.68. The van der Waals surface area contributed by atoms with Gasteiger partial charge in [0.25, 0.3) is 0 Å². The topological polar surface area (TPSA) is 35.2 Å². The summed E-state index contributed by atoms with van der Waals surface area (Å²) in [6, 6.07) is 3.47. The summed E-state index contributed by atoms with van der Waals surface area (Å²) in [5.41, 5.74) is 5.68. The van der Waals surface area contributed by atoms with Crippen LogP contribution in [0.25, 0.3) is 0 Å². The Morgan fingerprint density at radius 2 is 2.12 bits per heavy atom. The highest BCUT2D eigenvalue weighted by Crippen LogP contribution is 2.38. The lowest BCUT2D eigenvalue weighted by molar-refractivity contribution is -0.0682. The Bertz CT molecular complexity index is 389. The van der Waals surface area contributed by atoms with Crippen LogP contribution in [-0.4, -0.2) is 19.3 Å². The monoisotopic (exact) mass is 227 g/mol. The minimum Gasteiger partial charge on any atom is -0.379 e. The molecule has 1 heterocycles. The fourth-order valence-electron chi connectivity index (χ4n) is 2.25. The van der Waals surface area contributed by atoms with Crippen molar-refractivity contribution in [1.82, 2.24) is 0 Å². The molecular weight excluding hydrogens is 212 g/mol. The van der Waals surface area contributed by atoms with Crippen molar-refractivity contribution in [3.8, 4) is 0 Å². The molecular formula is C12H15F2NO. The lowest BCUT2D eigenvalue weighted by Crippen LogP contribution is -2.50. The predicted molar refractivity (Wildman–Crippen MR) is 57.1 cm³/mol. The van der Waals surface area contributed by atoms with Crippen LogP contribution in [-0.2, 0) is 10.2 Å². The van der Waals surface area contributed by atoms with Gasteiger partial charge in [-0.15, -0.1) is 0 Å². The third-order valence-corrected chi connectivity index (χ3v) is 2.97. The maximum atomic E-state index is 13.7. The van der Waals surface area contributed by atoms with Crippen LogP contribution in [0.1, 0.15) is 18.9 Å². The van der Waals surface area contributed by atoms with Gasteiger partial charge in [-0.05, 0) is 31.5 Å². The lowest BCUT2D eigenvalue weighted by Gasteiger charge is -2.43. The van der Waals surface area contributed by atoms with Crippen LogP contribution in [0.4, 0.5) is 8.78 Å². The molecule has 0 saturated carbocycles. The molecule has 2 nitrogen and oxygen atoms in total. The summed E-state index contributed by atoms with van der Waals surface area (Å²) < 4.78 is 32.0. The second kappa shape index (κ2) is 4.11. The number of nitrogens with two attached hydrogens (primary N) is 1. The highest BCUT2D eigenvalue weighted by atomic mass is 19.1. The first-order valence-electron chi connectivity index (χ1n) is 5.32. The molecule has 1 aliphatic heterocycles. The number of benzene rings is 1. The molecule has 0 radical (unpaired) electrons. The van der Waals surface area contributed by atoms with Crippen molar-refractivity contribution in [2.24, 2.45) is 5.73 Å². The van der Waals surface area contributed by atoms with Crippen LogP contribution in [0.3, 0.4) is 0 Å². The van der Waals surface area contributed by atoms with Crippen LogP contribution < -0.4 is 5.73 Å². The third kappa shape index (κ3) is 1.95. The number of ether oxygens (including phenoxy) is 1. The summed E-state index contributed by atoms with van der Waals surface area (Å²) in [5.74, 6) is -0.808. The van der Waals surface area contributed by atoms with E-state index in [1.54, 1.807) is 0 Å². The van der Waals surface area contributed by atoms with E-state index >= 15 is 0 Å². The van der Waals surface area contributed by atoms with Crippen LogP contribution in [0.5, 0.6) is 0 Å². The lowest BCUT2D eigenvalue weighted by atomic mass is 9.74. The first-order valence-corrected chi connectivity index (χ1v) is 5.32. The molecule has 4 heteroatoms. The molecule has 0 amide bonds. The van der Waals surface area contributed by atoms with E-state index in [0.717, 1.165) is 12.1 Å². The Labute approximate surface area is 93.4 Å². The summed E-state index contributed by atoms with van der Waals surface area (Å²) in [6.07, 6.45) is 0.605. The van der Waals surface area contributed by atoms with Crippen molar-refractivity contribution in [3.63, 3.8) is 0 Å². The van der Waals surface area contributed by atoms with E-state index in [0.29, 0.717) is 25.2 Å². The van der Waals surface area contributed by atoms with Gasteiger partial charge < -0.3 is 10.5 Å². The minimum absolute atomic E-state index is 0.0634. The smallest absolute Gasteiger partial charge is 0.127 e. The fourth-order valence-corrected chi connectivity index (χ4v) is 2.25. The molecule has 88 valence electrons. The van der Waals surface area contributed by atoms with E-state index in [1.807, 2.05) is 6.92 Å². The van der Waals surface area contributed by atoms with Crippen molar-refractivity contribution in [2.45, 2.75) is 24.8 Å². The van der Waals surface area contributed by atoms with Gasteiger partial charge in [-0.3, -0.25) is 0 Å². The van der Waals surface area contributed by atoms with E-state index in [-0.39, 0.29) is 11.9 Å². The van der Waals surface area contributed by atoms with E-state index in [9.17, 15) is 8.78 Å². The highest BCUT2D eigenvalue weighted by Gasteiger charge is 2.42. The van der Waals surface area contributed by atoms with Crippen molar-refractivity contribution >= 4 is 0 Å². The fraction of sp³-hybridized carbons (Fsp3) is 0.500. The molecule has 0 spiro atoms. The van der Waals surface area contributed by atoms with E-state index in [2.05, 4.69) is 0 Å². The van der Waals surface area contributed by atoms with Crippen LogP contribution in [0.2, 0.25) is 0 Å². The molecule has 1 fully saturated rings. The maximum Gasteiger partial charge on any atom is 0.127 e. The predicted octanol–water partition coefficient (Wildman–Crippen LogP) is 1.97. The summed E-state index contributed by atoms with van der Waals surface area (Å²) in [4.78, 5) is 0. The van der Waals surface area contributed by atoms with Crippen molar-refractivity contribution in [2.75, 3.05) is 13.2 Å². The van der Waals surface area contributed by atoms with Gasteiger partial charge in [-0.25, -0.2) is 8.78 Å². The molecule has 1 saturated heterocycles. The van der Waals surface area contributed by atoms with Crippen LogP contribution in [0.15, 0.2) is 18.2 Å². The van der Waals surface area contributed by atoms with Crippen molar-refractivity contribution in [1.29, 1.82) is 0 Å². The zero-order valence-corrected chi connectivity index (χ0v) is 9.17. The Kier molecular flexibility index (Phi) is 2.95. The Balaban J connectivity index is 2.36. The quantitative estimate of drug-likeness (QED) is 0.856. The summed E-state index contributed by atoms with van der Waals surface area (Å²) in [7, 11) is 0. The SMILES string of the molecule is CC(N)CC1(c2cc(F)ccc2F)COC1. The van der Waals surface area contributed by atoms with E-state index in [1.165, 1.54) is 6.07 Å². The van der Waals surface area contributed by atoms with Crippen molar-refractivity contribution in [3.05, 3.63) is 35.4 Å². The molecule has 2 N–H and O–H groups in total. The standard InChI is InChI=1S/C12H15F2NO/c1-8(15)5-12(6-16-7-12)10-4-9(13)2-3-11(10)14/h2-4,8H,5-7,15H2,1H3. The van der Waals surface area contributed by atoms with Gasteiger partial charge >= 0.3 is 0 Å². The Morgan fingerprint density at radius 3 is 2.62 bits per heavy atom. The maximum absolute atomic E-state index is 13.7. The molecule has 1 aliphatic rings. The Hall–Kier alpha value is -1.00. The molecule has 16 heavy (non-hydrogen) atoms. The zero-order valence-electron chi connectivity index (χ0n) is 9.17. The number of halogens is 2. The largest absolute Gasteiger partial charge is 0.379 e. The van der Waals surface area contributed by atoms with Gasteiger partial charge in [0.05, 0.1) is 13.2 Å². The third-order valence-electron chi connectivity index (χ3n) is 2.97. The molecule has 1 unspecified atom stereocenters.